The lowest BCUT2D eigenvalue weighted by atomic mass is 9.93. The fourth-order valence-electron chi connectivity index (χ4n) is 4.40. The first-order valence-corrected chi connectivity index (χ1v) is 12.0. The van der Waals surface area contributed by atoms with Gasteiger partial charge in [-0.15, -0.1) is 5.10 Å². The minimum atomic E-state index is -0.444. The predicted octanol–water partition coefficient (Wildman–Crippen LogP) is 4.03. The molecule has 1 fully saturated rings. The molecule has 0 radical (unpaired) electrons. The van der Waals surface area contributed by atoms with E-state index in [0.29, 0.717) is 54.0 Å². The molecule has 1 saturated heterocycles. The van der Waals surface area contributed by atoms with Gasteiger partial charge in [-0.2, -0.15) is 9.50 Å². The first-order valence-electron chi connectivity index (χ1n) is 11.2. The number of aromatic hydroxyl groups is 1. The van der Waals surface area contributed by atoms with Crippen molar-refractivity contribution in [3.63, 3.8) is 0 Å². The molecule has 0 spiro atoms. The Morgan fingerprint density at radius 2 is 2.06 bits per heavy atom. The Balaban J connectivity index is 1.49. The number of nitrogens with zero attached hydrogens (tertiary/aromatic N) is 5. The summed E-state index contributed by atoms with van der Waals surface area (Å²) < 4.78 is 11.9. The smallest absolute Gasteiger partial charge is 0.309 e. The second-order valence-corrected chi connectivity index (χ2v) is 9.22. The summed E-state index contributed by atoms with van der Waals surface area (Å²) >= 11 is 1.29. The number of piperidine rings is 1. The fourth-order valence-corrected chi connectivity index (χ4v) is 5.52. The summed E-state index contributed by atoms with van der Waals surface area (Å²) in [5.41, 5.74) is 0.778. The molecule has 0 bridgehead atoms. The number of fused-ring (bicyclic) bond motifs is 1. The maximum atomic E-state index is 12.2. The molecular formula is C23H23N5O6S. The Morgan fingerprint density at radius 3 is 2.66 bits per heavy atom. The first kappa shape index (κ1) is 23.0. The molecule has 0 saturated carbocycles. The van der Waals surface area contributed by atoms with Gasteiger partial charge in [-0.1, -0.05) is 23.5 Å². The van der Waals surface area contributed by atoms with E-state index in [-0.39, 0.29) is 29.5 Å². The van der Waals surface area contributed by atoms with Gasteiger partial charge in [0, 0.05) is 12.1 Å². The summed E-state index contributed by atoms with van der Waals surface area (Å²) in [6.45, 7) is 3.32. The van der Waals surface area contributed by atoms with Gasteiger partial charge in [0.2, 0.25) is 16.7 Å². The monoisotopic (exact) mass is 497 g/mol. The van der Waals surface area contributed by atoms with Crippen LogP contribution in [0.4, 0.5) is 5.69 Å². The maximum Gasteiger partial charge on any atom is 0.309 e. The molecule has 0 amide bonds. The van der Waals surface area contributed by atoms with E-state index in [1.807, 2.05) is 0 Å². The molecule has 11 nitrogen and oxygen atoms in total. The van der Waals surface area contributed by atoms with Crippen LogP contribution in [0.25, 0.3) is 16.5 Å². The van der Waals surface area contributed by atoms with Crippen LogP contribution in [-0.2, 0) is 9.53 Å². The van der Waals surface area contributed by atoms with Crippen LogP contribution in [0, 0.1) is 16.0 Å². The number of aromatic nitrogens is 3. The number of esters is 1. The average Bonchev–Trinajstić information content (AvgIpc) is 3.59. The molecule has 4 aromatic rings. The van der Waals surface area contributed by atoms with Crippen LogP contribution < -0.4 is 0 Å². The minimum Gasteiger partial charge on any atom is -0.492 e. The van der Waals surface area contributed by atoms with E-state index in [1.165, 1.54) is 34.2 Å². The number of thiazole rings is 1. The fraction of sp³-hybridized carbons (Fsp3) is 0.348. The number of carbonyl (C=O) groups excluding carboxylic acids is 1. The second-order valence-electron chi connectivity index (χ2n) is 8.21. The van der Waals surface area contributed by atoms with E-state index in [4.69, 9.17) is 9.15 Å². The van der Waals surface area contributed by atoms with Crippen LogP contribution in [-0.4, -0.2) is 55.2 Å². The maximum absolute atomic E-state index is 12.2. The lowest BCUT2D eigenvalue weighted by molar-refractivity contribution is -0.384. The van der Waals surface area contributed by atoms with Crippen LogP contribution in [0.1, 0.15) is 36.2 Å². The number of hydrogen-bond acceptors (Lipinski definition) is 10. The number of ether oxygens (including phenoxy) is 1. The third kappa shape index (κ3) is 4.37. The van der Waals surface area contributed by atoms with Gasteiger partial charge < -0.3 is 14.3 Å². The van der Waals surface area contributed by atoms with Crippen molar-refractivity contribution < 1.29 is 24.0 Å². The van der Waals surface area contributed by atoms with Crippen molar-refractivity contribution in [3.8, 4) is 17.5 Å². The van der Waals surface area contributed by atoms with Crippen LogP contribution in [0.5, 0.6) is 5.88 Å². The van der Waals surface area contributed by atoms with Crippen molar-refractivity contribution >= 4 is 28.0 Å². The topological polar surface area (TPSA) is 136 Å². The van der Waals surface area contributed by atoms with Crippen molar-refractivity contribution in [1.82, 2.24) is 19.5 Å². The summed E-state index contributed by atoms with van der Waals surface area (Å²) in [5, 5.41) is 26.7. The summed E-state index contributed by atoms with van der Waals surface area (Å²) in [5.74, 6) is 0.452. The van der Waals surface area contributed by atoms with E-state index >= 15 is 0 Å². The molecule has 5 rings (SSSR count). The van der Waals surface area contributed by atoms with Gasteiger partial charge in [-0.3, -0.25) is 19.8 Å². The van der Waals surface area contributed by atoms with E-state index in [0.717, 1.165) is 5.56 Å². The van der Waals surface area contributed by atoms with Crippen molar-refractivity contribution in [1.29, 1.82) is 0 Å². The lowest BCUT2D eigenvalue weighted by Gasteiger charge is -2.36. The Kier molecular flexibility index (Phi) is 6.22. The lowest BCUT2D eigenvalue weighted by Crippen LogP contribution is -2.39. The number of carbonyl (C=O) groups is 1. The summed E-state index contributed by atoms with van der Waals surface area (Å²) in [6, 6.07) is 9.39. The van der Waals surface area contributed by atoms with Crippen molar-refractivity contribution in [2.24, 2.45) is 5.92 Å². The van der Waals surface area contributed by atoms with Gasteiger partial charge in [0.15, 0.2) is 5.76 Å². The summed E-state index contributed by atoms with van der Waals surface area (Å²) in [4.78, 5) is 30.7. The van der Waals surface area contributed by atoms with Gasteiger partial charge in [0.1, 0.15) is 0 Å². The van der Waals surface area contributed by atoms with E-state index < -0.39 is 4.92 Å². The van der Waals surface area contributed by atoms with Gasteiger partial charge in [-0.25, -0.2) is 0 Å². The molecule has 1 aliphatic heterocycles. The number of rotatable bonds is 7. The van der Waals surface area contributed by atoms with Gasteiger partial charge in [0.05, 0.1) is 34.6 Å². The molecule has 1 atom stereocenters. The number of hydrogen-bond donors (Lipinski definition) is 1. The number of non-ortho nitro benzene ring substituents is 1. The molecule has 182 valence electrons. The predicted molar refractivity (Wildman–Crippen MR) is 126 cm³/mol. The molecular weight excluding hydrogens is 474 g/mol. The molecule has 1 aliphatic rings. The Morgan fingerprint density at radius 1 is 1.31 bits per heavy atom. The number of furan rings is 1. The highest BCUT2D eigenvalue weighted by atomic mass is 32.1. The molecule has 3 aromatic heterocycles. The standard InChI is InChI=1S/C23H23N5O6S/c1-2-33-22(30)15-9-11-26(12-10-15)18(14-5-7-16(8-6-14)28(31)32)19-21(29)27-23(35-19)24-20(25-27)17-4-3-13-34-17/h3-8,13,15,18,29H,2,9-12H2,1H3/t18-/m1/s1. The van der Waals surface area contributed by atoms with E-state index in [9.17, 15) is 20.0 Å². The van der Waals surface area contributed by atoms with Crippen molar-refractivity contribution in [2.45, 2.75) is 25.8 Å². The summed E-state index contributed by atoms with van der Waals surface area (Å²) in [7, 11) is 0. The number of likely N-dealkylation sites (tertiary alicyclic amines) is 1. The normalized spacial score (nSPS) is 15.9. The third-order valence-corrected chi connectivity index (χ3v) is 7.20. The van der Waals surface area contributed by atoms with Crippen LogP contribution in [0.3, 0.4) is 0 Å². The Hall–Kier alpha value is -3.77. The zero-order valence-corrected chi connectivity index (χ0v) is 19.7. The molecule has 1 N–H and O–H groups in total. The first-order chi connectivity index (χ1) is 17.0. The van der Waals surface area contributed by atoms with Crippen LogP contribution in [0.15, 0.2) is 47.1 Å². The highest BCUT2D eigenvalue weighted by Gasteiger charge is 2.34. The Labute approximate surface area is 203 Å². The highest BCUT2D eigenvalue weighted by molar-refractivity contribution is 7.17. The molecule has 0 unspecified atom stereocenters. The molecule has 35 heavy (non-hydrogen) atoms. The van der Waals surface area contributed by atoms with Crippen molar-refractivity contribution in [2.75, 3.05) is 19.7 Å². The Bertz CT molecular complexity index is 1340. The van der Waals surface area contributed by atoms with Gasteiger partial charge in [-0.05, 0) is 50.6 Å². The van der Waals surface area contributed by atoms with Gasteiger partial charge >= 0.3 is 5.97 Å². The molecule has 4 heterocycles. The van der Waals surface area contributed by atoms with Crippen LogP contribution in [0.2, 0.25) is 0 Å². The van der Waals surface area contributed by atoms with Crippen LogP contribution >= 0.6 is 11.3 Å². The number of nitro groups is 1. The second kappa shape index (κ2) is 9.47. The number of nitro benzene ring substituents is 1. The minimum absolute atomic E-state index is 0.0107. The largest absolute Gasteiger partial charge is 0.492 e. The SMILES string of the molecule is CCOC(=O)C1CCN([C@H](c2ccc([N+](=O)[O-])cc2)c2sc3nc(-c4ccco4)nn3c2O)CC1. The number of benzene rings is 1. The quantitative estimate of drug-likeness (QED) is 0.228. The third-order valence-electron chi connectivity index (χ3n) is 6.12. The van der Waals surface area contributed by atoms with E-state index in [1.54, 1.807) is 31.2 Å². The van der Waals surface area contributed by atoms with Gasteiger partial charge in [0.25, 0.3) is 5.69 Å². The zero-order valence-electron chi connectivity index (χ0n) is 18.9. The van der Waals surface area contributed by atoms with Crippen molar-refractivity contribution in [3.05, 3.63) is 63.2 Å². The molecule has 0 aliphatic carbocycles. The molecule has 12 heteroatoms. The molecule has 1 aromatic carbocycles. The summed E-state index contributed by atoms with van der Waals surface area (Å²) in [6.07, 6.45) is 2.76. The highest BCUT2D eigenvalue weighted by Crippen LogP contribution is 2.42. The van der Waals surface area contributed by atoms with E-state index in [2.05, 4.69) is 15.0 Å². The average molecular weight is 498 g/mol. The zero-order chi connectivity index (χ0) is 24.5.